The molecule has 1 N–H and O–H groups in total. The Morgan fingerprint density at radius 2 is 2.04 bits per heavy atom. The van der Waals surface area contributed by atoms with Crippen LogP contribution in [0.1, 0.15) is 30.2 Å². The Kier molecular flexibility index (Phi) is 5.73. The Bertz CT molecular complexity index is 917. The summed E-state index contributed by atoms with van der Waals surface area (Å²) in [6.07, 6.45) is 4.92. The fourth-order valence-corrected chi connectivity index (χ4v) is 3.54. The molecule has 8 heteroatoms. The zero-order valence-corrected chi connectivity index (χ0v) is 16.1. The highest BCUT2D eigenvalue weighted by atomic mass is 35.5. The summed E-state index contributed by atoms with van der Waals surface area (Å²) in [5.41, 5.74) is 1.70. The average Bonchev–Trinajstić information content (AvgIpc) is 3.40. The first-order chi connectivity index (χ1) is 13.7. The summed E-state index contributed by atoms with van der Waals surface area (Å²) in [4.78, 5) is 14.4. The van der Waals surface area contributed by atoms with Gasteiger partial charge in [0.15, 0.2) is 0 Å². The largest absolute Gasteiger partial charge is 0.472 e. The zero-order valence-electron chi connectivity index (χ0n) is 15.3. The quantitative estimate of drug-likeness (QED) is 0.681. The number of nitrogens with one attached hydrogen (secondary N) is 1. The van der Waals surface area contributed by atoms with Gasteiger partial charge in [-0.2, -0.15) is 0 Å². The van der Waals surface area contributed by atoms with Crippen LogP contribution in [0.2, 0.25) is 5.02 Å². The molecule has 1 aliphatic rings. The van der Waals surface area contributed by atoms with Crippen LogP contribution in [0.5, 0.6) is 0 Å². The minimum absolute atomic E-state index is 0.00148. The number of hydrogen-bond donors (Lipinski definition) is 1. The number of amides is 1. The maximum atomic E-state index is 12.2. The van der Waals surface area contributed by atoms with Gasteiger partial charge in [0, 0.05) is 17.5 Å². The first kappa shape index (κ1) is 18.7. The molecule has 0 spiro atoms. The normalized spacial score (nSPS) is 15.6. The standard InChI is InChI=1S/C20H21ClN4O3/c21-17-4-2-1-3-15(17)11-22-18(26)12-25-8-5-14(6-9-25)19-23-24-20(28-19)16-7-10-27-13-16/h1-4,7,10,13-14H,5-6,8-9,11-12H2,(H,22,26). The van der Waals surface area contributed by atoms with Crippen molar-refractivity contribution in [2.45, 2.75) is 25.3 Å². The van der Waals surface area contributed by atoms with Crippen molar-refractivity contribution in [2.24, 2.45) is 0 Å². The van der Waals surface area contributed by atoms with E-state index >= 15 is 0 Å². The van der Waals surface area contributed by atoms with Crippen molar-refractivity contribution in [3.05, 3.63) is 59.3 Å². The number of rotatable bonds is 6. The zero-order chi connectivity index (χ0) is 19.3. The number of benzene rings is 1. The van der Waals surface area contributed by atoms with Gasteiger partial charge in [-0.1, -0.05) is 29.8 Å². The lowest BCUT2D eigenvalue weighted by Gasteiger charge is -2.29. The van der Waals surface area contributed by atoms with Crippen molar-refractivity contribution in [3.8, 4) is 11.5 Å². The van der Waals surface area contributed by atoms with E-state index in [1.165, 1.54) is 0 Å². The second-order valence-corrected chi connectivity index (χ2v) is 7.28. The third kappa shape index (κ3) is 4.43. The number of nitrogens with zero attached hydrogens (tertiary/aromatic N) is 3. The molecule has 1 aliphatic heterocycles. The van der Waals surface area contributed by atoms with E-state index in [0.717, 1.165) is 37.1 Å². The average molecular weight is 401 g/mol. The molecular weight excluding hydrogens is 380 g/mol. The van der Waals surface area contributed by atoms with Gasteiger partial charge in [0.2, 0.25) is 11.8 Å². The van der Waals surface area contributed by atoms with Crippen LogP contribution in [0.4, 0.5) is 0 Å². The minimum Gasteiger partial charge on any atom is -0.472 e. The van der Waals surface area contributed by atoms with Crippen molar-refractivity contribution in [1.82, 2.24) is 20.4 Å². The van der Waals surface area contributed by atoms with E-state index in [1.807, 2.05) is 24.3 Å². The Labute approximate surface area is 167 Å². The third-order valence-electron chi connectivity index (χ3n) is 4.95. The third-order valence-corrected chi connectivity index (χ3v) is 5.32. The number of likely N-dealkylation sites (tertiary alicyclic amines) is 1. The minimum atomic E-state index is -0.00148. The van der Waals surface area contributed by atoms with Gasteiger partial charge in [-0.15, -0.1) is 10.2 Å². The van der Waals surface area contributed by atoms with E-state index in [2.05, 4.69) is 20.4 Å². The highest BCUT2D eigenvalue weighted by Gasteiger charge is 2.26. The summed E-state index contributed by atoms with van der Waals surface area (Å²) in [7, 11) is 0. The Morgan fingerprint density at radius 3 is 2.79 bits per heavy atom. The molecule has 4 rings (SSSR count). The molecule has 1 amide bonds. The molecule has 0 unspecified atom stereocenters. The highest BCUT2D eigenvalue weighted by Crippen LogP contribution is 2.29. The van der Waals surface area contributed by atoms with Gasteiger partial charge in [-0.25, -0.2) is 0 Å². The van der Waals surface area contributed by atoms with Gasteiger partial charge in [0.05, 0.1) is 18.4 Å². The van der Waals surface area contributed by atoms with Gasteiger partial charge in [-0.3, -0.25) is 9.69 Å². The van der Waals surface area contributed by atoms with Crippen LogP contribution in [0.25, 0.3) is 11.5 Å². The van der Waals surface area contributed by atoms with Crippen LogP contribution in [0, 0.1) is 0 Å². The summed E-state index contributed by atoms with van der Waals surface area (Å²) in [5, 5.41) is 11.9. The molecule has 7 nitrogen and oxygen atoms in total. The molecule has 0 bridgehead atoms. The molecule has 3 aromatic rings. The highest BCUT2D eigenvalue weighted by molar-refractivity contribution is 6.31. The van der Waals surface area contributed by atoms with Gasteiger partial charge in [0.25, 0.3) is 5.89 Å². The van der Waals surface area contributed by atoms with Crippen molar-refractivity contribution >= 4 is 17.5 Å². The SMILES string of the molecule is O=C(CN1CCC(c2nnc(-c3ccoc3)o2)CC1)NCc1ccccc1Cl. The predicted molar refractivity (Wildman–Crippen MR) is 104 cm³/mol. The molecule has 3 heterocycles. The molecule has 0 atom stereocenters. The van der Waals surface area contributed by atoms with Crippen molar-refractivity contribution in [1.29, 1.82) is 0 Å². The van der Waals surface area contributed by atoms with Gasteiger partial charge in [0.1, 0.15) is 6.26 Å². The molecule has 0 radical (unpaired) electrons. The number of aromatic nitrogens is 2. The van der Waals surface area contributed by atoms with E-state index in [-0.39, 0.29) is 11.8 Å². The number of furan rings is 1. The van der Waals surface area contributed by atoms with Crippen LogP contribution in [-0.2, 0) is 11.3 Å². The molecule has 1 aromatic carbocycles. The lowest BCUT2D eigenvalue weighted by Crippen LogP contribution is -2.41. The summed E-state index contributed by atoms with van der Waals surface area (Å²) in [6.45, 7) is 2.44. The van der Waals surface area contributed by atoms with Crippen molar-refractivity contribution in [3.63, 3.8) is 0 Å². The van der Waals surface area contributed by atoms with E-state index in [9.17, 15) is 4.79 Å². The molecule has 28 heavy (non-hydrogen) atoms. The number of carbonyl (C=O) groups excluding carboxylic acids is 1. The summed E-state index contributed by atoms with van der Waals surface area (Å²) >= 11 is 6.12. The van der Waals surface area contributed by atoms with E-state index in [4.69, 9.17) is 20.4 Å². The number of hydrogen-bond acceptors (Lipinski definition) is 6. The Balaban J connectivity index is 1.24. The van der Waals surface area contributed by atoms with Crippen molar-refractivity contribution < 1.29 is 13.6 Å². The number of piperidine rings is 1. The van der Waals surface area contributed by atoms with Crippen LogP contribution in [-0.4, -0.2) is 40.6 Å². The molecule has 1 saturated heterocycles. The summed E-state index contributed by atoms with van der Waals surface area (Å²) < 4.78 is 10.8. The summed E-state index contributed by atoms with van der Waals surface area (Å²) in [5.74, 6) is 1.35. The van der Waals surface area contributed by atoms with Gasteiger partial charge in [-0.05, 0) is 43.6 Å². The van der Waals surface area contributed by atoms with Crippen LogP contribution < -0.4 is 5.32 Å². The maximum Gasteiger partial charge on any atom is 0.250 e. The number of halogens is 1. The summed E-state index contributed by atoms with van der Waals surface area (Å²) in [6, 6.07) is 9.31. The Hall–Kier alpha value is -2.64. The van der Waals surface area contributed by atoms with Crippen LogP contribution >= 0.6 is 11.6 Å². The first-order valence-electron chi connectivity index (χ1n) is 9.27. The van der Waals surface area contributed by atoms with Crippen LogP contribution in [0.15, 0.2) is 51.7 Å². The number of carbonyl (C=O) groups is 1. The monoisotopic (exact) mass is 400 g/mol. The first-order valence-corrected chi connectivity index (χ1v) is 9.65. The van der Waals surface area contributed by atoms with E-state index in [1.54, 1.807) is 18.6 Å². The van der Waals surface area contributed by atoms with Crippen molar-refractivity contribution in [2.75, 3.05) is 19.6 Å². The molecule has 2 aromatic heterocycles. The molecule has 0 saturated carbocycles. The van der Waals surface area contributed by atoms with Gasteiger partial charge < -0.3 is 14.2 Å². The Morgan fingerprint density at radius 1 is 1.21 bits per heavy atom. The smallest absolute Gasteiger partial charge is 0.250 e. The van der Waals surface area contributed by atoms with E-state index in [0.29, 0.717) is 29.9 Å². The lowest BCUT2D eigenvalue weighted by atomic mass is 9.97. The maximum absolute atomic E-state index is 12.2. The van der Waals surface area contributed by atoms with E-state index < -0.39 is 0 Å². The lowest BCUT2D eigenvalue weighted by molar-refractivity contribution is -0.122. The molecule has 146 valence electrons. The van der Waals surface area contributed by atoms with Crippen LogP contribution in [0.3, 0.4) is 0 Å². The fraction of sp³-hybridized carbons (Fsp3) is 0.350. The van der Waals surface area contributed by atoms with Gasteiger partial charge >= 0.3 is 0 Å². The molecular formula is C20H21ClN4O3. The fourth-order valence-electron chi connectivity index (χ4n) is 3.33. The molecule has 1 fully saturated rings. The predicted octanol–water partition coefficient (Wildman–Crippen LogP) is 3.48. The second-order valence-electron chi connectivity index (χ2n) is 6.88. The molecule has 0 aliphatic carbocycles. The second kappa shape index (κ2) is 8.58. The topological polar surface area (TPSA) is 84.4 Å².